The molecule has 0 spiro atoms. The molecule has 2 aromatic carbocycles. The Labute approximate surface area is 247 Å². The third kappa shape index (κ3) is 7.78. The molecule has 11 nitrogen and oxygen atoms in total. The van der Waals surface area contributed by atoms with Crippen molar-refractivity contribution in [3.8, 4) is 22.6 Å². The van der Waals surface area contributed by atoms with Crippen molar-refractivity contribution in [3.05, 3.63) is 47.5 Å². The standard InChI is InChI=1S/C31H44N6O5/c1-37-26(30(41)35-14-11-23-5-2-3-13-34-23)18-22-16-20(8-10-28(22)39)19-7-9-27(38)21(15-19)17-24(33)29(40)36-25(31(37)42)6-4-12-32/h7-10,15-16,23-26,34,38-39H,2-6,11-14,17-18,32-33H2,1H3,(H,35,41)(H,36,40)/t23?,24-,25+,26+/m1/s1. The Bertz CT molecular complexity index is 1260. The van der Waals surface area contributed by atoms with Crippen molar-refractivity contribution < 1.29 is 24.6 Å². The van der Waals surface area contributed by atoms with Gasteiger partial charge in [-0.05, 0) is 91.7 Å². The molecule has 4 rings (SSSR count). The number of aromatic hydroxyl groups is 2. The van der Waals surface area contributed by atoms with Crippen LogP contribution in [-0.4, -0.2) is 83.7 Å². The number of likely N-dealkylation sites (N-methyl/N-ethyl adjacent to an activating group) is 1. The summed E-state index contributed by atoms with van der Waals surface area (Å²) in [5.74, 6) is -1.34. The molecule has 2 aromatic rings. The number of nitrogens with zero attached hydrogens (tertiary/aromatic N) is 1. The second kappa shape index (κ2) is 14.5. The zero-order valence-corrected chi connectivity index (χ0v) is 24.3. The number of phenols is 2. The van der Waals surface area contributed by atoms with E-state index in [9.17, 15) is 24.6 Å². The number of fused-ring (bicyclic) bond motifs is 5. The molecule has 1 unspecified atom stereocenters. The van der Waals surface area contributed by atoms with Crippen molar-refractivity contribution in [2.75, 3.05) is 26.7 Å². The van der Waals surface area contributed by atoms with Crippen molar-refractivity contribution >= 4 is 17.7 Å². The number of rotatable bonds is 7. The summed E-state index contributed by atoms with van der Waals surface area (Å²) in [6.45, 7) is 1.73. The van der Waals surface area contributed by atoms with Crippen LogP contribution in [0.1, 0.15) is 49.7 Å². The molecule has 2 aliphatic heterocycles. The molecule has 1 fully saturated rings. The SMILES string of the molecule is CN1C(=O)[C@H](CCCN)NC(=O)[C@H](N)Cc2cc(ccc2O)-c2ccc(O)c(c2)C[C@H]1C(=O)NCCC1CCCCN1. The van der Waals surface area contributed by atoms with E-state index in [0.717, 1.165) is 43.4 Å². The van der Waals surface area contributed by atoms with E-state index in [1.807, 2.05) is 0 Å². The molecule has 42 heavy (non-hydrogen) atoms. The molecule has 0 aliphatic carbocycles. The van der Waals surface area contributed by atoms with Crippen LogP contribution in [0.3, 0.4) is 0 Å². The van der Waals surface area contributed by atoms with Gasteiger partial charge >= 0.3 is 0 Å². The second-order valence-corrected chi connectivity index (χ2v) is 11.4. The number of benzene rings is 2. The van der Waals surface area contributed by atoms with Gasteiger partial charge in [0.1, 0.15) is 23.6 Å². The van der Waals surface area contributed by atoms with Gasteiger partial charge in [0, 0.05) is 32.5 Å². The summed E-state index contributed by atoms with van der Waals surface area (Å²) in [7, 11) is 1.54. The molecular weight excluding hydrogens is 536 g/mol. The average Bonchev–Trinajstić information content (AvgIpc) is 2.99. The van der Waals surface area contributed by atoms with Crippen LogP contribution in [0.2, 0.25) is 0 Å². The molecule has 9 N–H and O–H groups in total. The number of piperidine rings is 1. The van der Waals surface area contributed by atoms with E-state index in [-0.39, 0.29) is 36.7 Å². The Hall–Kier alpha value is -3.67. The van der Waals surface area contributed by atoms with E-state index < -0.39 is 29.9 Å². The van der Waals surface area contributed by atoms with Gasteiger partial charge < -0.3 is 42.5 Å². The highest BCUT2D eigenvalue weighted by molar-refractivity contribution is 5.93. The van der Waals surface area contributed by atoms with Gasteiger partial charge in [-0.3, -0.25) is 14.4 Å². The monoisotopic (exact) mass is 580 g/mol. The molecule has 0 aromatic heterocycles. The zero-order valence-electron chi connectivity index (χ0n) is 24.3. The predicted octanol–water partition coefficient (Wildman–Crippen LogP) is 0.890. The van der Waals surface area contributed by atoms with Crippen molar-refractivity contribution in [1.29, 1.82) is 0 Å². The summed E-state index contributed by atoms with van der Waals surface area (Å²) in [5.41, 5.74) is 14.4. The van der Waals surface area contributed by atoms with Crippen molar-refractivity contribution in [2.24, 2.45) is 11.5 Å². The number of nitrogens with one attached hydrogen (secondary N) is 3. The second-order valence-electron chi connectivity index (χ2n) is 11.4. The van der Waals surface area contributed by atoms with Crippen LogP contribution in [0, 0.1) is 0 Å². The first kappa shape index (κ1) is 31.3. The molecule has 2 heterocycles. The Morgan fingerprint density at radius 1 is 1.02 bits per heavy atom. The molecular formula is C31H44N6O5. The van der Waals surface area contributed by atoms with Crippen LogP contribution in [0.15, 0.2) is 36.4 Å². The summed E-state index contributed by atoms with van der Waals surface area (Å²) < 4.78 is 0. The smallest absolute Gasteiger partial charge is 0.245 e. The minimum Gasteiger partial charge on any atom is -0.508 e. The fourth-order valence-corrected chi connectivity index (χ4v) is 5.72. The molecule has 3 amide bonds. The van der Waals surface area contributed by atoms with Crippen LogP contribution in [-0.2, 0) is 27.2 Å². The number of phenolic OH excluding ortho intramolecular Hbond substituents is 2. The van der Waals surface area contributed by atoms with Gasteiger partial charge in [-0.15, -0.1) is 0 Å². The van der Waals surface area contributed by atoms with E-state index >= 15 is 0 Å². The van der Waals surface area contributed by atoms with Gasteiger partial charge in [0.25, 0.3) is 0 Å². The van der Waals surface area contributed by atoms with Crippen LogP contribution in [0.25, 0.3) is 11.1 Å². The third-order valence-corrected chi connectivity index (χ3v) is 8.32. The van der Waals surface area contributed by atoms with Crippen molar-refractivity contribution in [2.45, 2.75) is 75.5 Å². The minimum atomic E-state index is -1.03. The van der Waals surface area contributed by atoms with E-state index in [0.29, 0.717) is 36.7 Å². The Morgan fingerprint density at radius 3 is 2.31 bits per heavy atom. The van der Waals surface area contributed by atoms with Crippen molar-refractivity contribution in [3.63, 3.8) is 0 Å². The number of carbonyl (C=O) groups is 3. The summed E-state index contributed by atoms with van der Waals surface area (Å²) in [6, 6.07) is 7.51. The fraction of sp³-hybridized carbons (Fsp3) is 0.516. The Balaban J connectivity index is 1.69. The topological polar surface area (TPSA) is 183 Å². The fourth-order valence-electron chi connectivity index (χ4n) is 5.72. The van der Waals surface area contributed by atoms with Gasteiger partial charge in [-0.25, -0.2) is 0 Å². The molecule has 1 saturated heterocycles. The Morgan fingerprint density at radius 2 is 1.69 bits per heavy atom. The summed E-state index contributed by atoms with van der Waals surface area (Å²) in [4.78, 5) is 42.0. The van der Waals surface area contributed by atoms with Gasteiger partial charge in [-0.1, -0.05) is 18.6 Å². The molecule has 228 valence electrons. The summed E-state index contributed by atoms with van der Waals surface area (Å²) in [6.07, 6.45) is 4.97. The molecule has 0 saturated carbocycles. The lowest BCUT2D eigenvalue weighted by Gasteiger charge is -2.32. The van der Waals surface area contributed by atoms with Gasteiger partial charge in [0.15, 0.2) is 0 Å². The normalized spacial score (nSPS) is 23.5. The molecule has 4 bridgehead atoms. The van der Waals surface area contributed by atoms with E-state index in [2.05, 4.69) is 16.0 Å². The highest BCUT2D eigenvalue weighted by Crippen LogP contribution is 2.31. The van der Waals surface area contributed by atoms with E-state index in [1.54, 1.807) is 36.4 Å². The van der Waals surface area contributed by atoms with Gasteiger partial charge in [0.2, 0.25) is 17.7 Å². The lowest BCUT2D eigenvalue weighted by molar-refractivity contribution is -0.142. The van der Waals surface area contributed by atoms with E-state index in [1.165, 1.54) is 11.9 Å². The number of hydrogen-bond acceptors (Lipinski definition) is 8. The van der Waals surface area contributed by atoms with Crippen LogP contribution in [0.4, 0.5) is 0 Å². The quantitative estimate of drug-likeness (QED) is 0.252. The van der Waals surface area contributed by atoms with Gasteiger partial charge in [0.05, 0.1) is 6.04 Å². The molecule has 11 heteroatoms. The highest BCUT2D eigenvalue weighted by Gasteiger charge is 2.34. The van der Waals surface area contributed by atoms with Crippen LogP contribution in [0.5, 0.6) is 11.5 Å². The lowest BCUT2D eigenvalue weighted by Crippen LogP contribution is -2.57. The molecule has 2 aliphatic rings. The minimum absolute atomic E-state index is 0.000900. The van der Waals surface area contributed by atoms with E-state index in [4.69, 9.17) is 11.5 Å². The number of hydrogen-bond donors (Lipinski definition) is 7. The van der Waals surface area contributed by atoms with Crippen LogP contribution < -0.4 is 27.4 Å². The van der Waals surface area contributed by atoms with Crippen molar-refractivity contribution in [1.82, 2.24) is 20.9 Å². The lowest BCUT2D eigenvalue weighted by atomic mass is 9.95. The summed E-state index contributed by atoms with van der Waals surface area (Å²) >= 11 is 0. The average molecular weight is 581 g/mol. The zero-order chi connectivity index (χ0) is 30.2. The maximum absolute atomic E-state index is 13.8. The number of nitrogens with two attached hydrogens (primary N) is 2. The Kier molecular flexibility index (Phi) is 10.8. The molecule has 0 radical (unpaired) electrons. The first-order valence-corrected chi connectivity index (χ1v) is 14.9. The highest BCUT2D eigenvalue weighted by atomic mass is 16.3. The number of amides is 3. The third-order valence-electron chi connectivity index (χ3n) is 8.32. The largest absolute Gasteiger partial charge is 0.508 e. The first-order chi connectivity index (χ1) is 20.2. The maximum Gasteiger partial charge on any atom is 0.245 e. The summed E-state index contributed by atoms with van der Waals surface area (Å²) in [5, 5.41) is 30.5. The van der Waals surface area contributed by atoms with Crippen LogP contribution >= 0.6 is 0 Å². The number of carbonyl (C=O) groups excluding carboxylic acids is 3. The van der Waals surface area contributed by atoms with Gasteiger partial charge in [-0.2, -0.15) is 0 Å². The molecule has 4 atom stereocenters. The predicted molar refractivity (Wildman–Crippen MR) is 161 cm³/mol. The maximum atomic E-state index is 13.8. The first-order valence-electron chi connectivity index (χ1n) is 14.9.